The summed E-state index contributed by atoms with van der Waals surface area (Å²) in [5, 5.41) is 7.56. The second-order valence-corrected chi connectivity index (χ2v) is 6.09. The molecule has 0 bridgehead atoms. The van der Waals surface area contributed by atoms with Crippen molar-refractivity contribution in [2.45, 2.75) is 32.7 Å². The molecule has 0 aliphatic carbocycles. The molecule has 0 aromatic heterocycles. The average molecular weight is 339 g/mol. The Balaban J connectivity index is 2.02. The van der Waals surface area contributed by atoms with Gasteiger partial charge in [0.2, 0.25) is 0 Å². The molecule has 6 heteroatoms. The number of guanidine groups is 1. The van der Waals surface area contributed by atoms with Gasteiger partial charge in [-0.25, -0.2) is 0 Å². The number of nitrogens with one attached hydrogen (secondary N) is 2. The van der Waals surface area contributed by atoms with Gasteiger partial charge in [-0.15, -0.1) is 0 Å². The first kappa shape index (κ1) is 17.7. The molecule has 1 heterocycles. The Hall–Kier alpha value is -1.62. The van der Waals surface area contributed by atoms with E-state index in [4.69, 9.17) is 16.3 Å². The average Bonchev–Trinajstić information content (AvgIpc) is 3.01. The van der Waals surface area contributed by atoms with Gasteiger partial charge in [0.25, 0.3) is 0 Å². The van der Waals surface area contributed by atoms with Gasteiger partial charge in [0, 0.05) is 37.2 Å². The van der Waals surface area contributed by atoms with E-state index in [2.05, 4.69) is 34.4 Å². The van der Waals surface area contributed by atoms with E-state index in [0.717, 1.165) is 61.4 Å². The van der Waals surface area contributed by atoms with E-state index in [1.807, 2.05) is 18.2 Å². The van der Waals surface area contributed by atoms with Crippen molar-refractivity contribution < 1.29 is 4.74 Å². The second kappa shape index (κ2) is 8.87. The number of benzene rings is 1. The van der Waals surface area contributed by atoms with Crippen LogP contribution in [0.25, 0.3) is 0 Å². The molecular weight excluding hydrogens is 312 g/mol. The summed E-state index contributed by atoms with van der Waals surface area (Å²) in [5.74, 6) is 1.76. The number of rotatable bonds is 6. The van der Waals surface area contributed by atoms with Gasteiger partial charge in [0.1, 0.15) is 5.75 Å². The number of methoxy groups -OCH3 is 1. The summed E-state index contributed by atoms with van der Waals surface area (Å²) in [7, 11) is 1.69. The Bertz CT molecular complexity index is 535. The maximum atomic E-state index is 6.14. The van der Waals surface area contributed by atoms with Gasteiger partial charge in [-0.3, -0.25) is 4.99 Å². The number of hydrogen-bond acceptors (Lipinski definition) is 3. The van der Waals surface area contributed by atoms with Crippen LogP contribution in [0.5, 0.6) is 5.75 Å². The number of hydrogen-bond donors (Lipinski definition) is 2. The van der Waals surface area contributed by atoms with Crippen LogP contribution in [0.15, 0.2) is 23.2 Å². The van der Waals surface area contributed by atoms with Gasteiger partial charge in [-0.05, 0) is 38.0 Å². The van der Waals surface area contributed by atoms with Crippen molar-refractivity contribution in [1.82, 2.24) is 10.6 Å². The summed E-state index contributed by atoms with van der Waals surface area (Å²) >= 11 is 6.14. The summed E-state index contributed by atoms with van der Waals surface area (Å²) in [6.45, 7) is 7.81. The Kier molecular flexibility index (Phi) is 6.84. The first-order valence-electron chi connectivity index (χ1n) is 8.31. The van der Waals surface area contributed by atoms with Crippen LogP contribution in [0.4, 0.5) is 5.69 Å². The fraction of sp³-hybridized carbons (Fsp3) is 0.588. The van der Waals surface area contributed by atoms with Gasteiger partial charge in [-0.2, -0.15) is 0 Å². The molecule has 5 nitrogen and oxygen atoms in total. The van der Waals surface area contributed by atoms with Crippen molar-refractivity contribution in [2.24, 2.45) is 4.99 Å². The van der Waals surface area contributed by atoms with Crippen molar-refractivity contribution in [3.05, 3.63) is 23.2 Å². The minimum atomic E-state index is 0.369. The molecule has 2 rings (SSSR count). The third kappa shape index (κ3) is 4.93. The Morgan fingerprint density at radius 3 is 2.96 bits per heavy atom. The van der Waals surface area contributed by atoms with Crippen molar-refractivity contribution in [3.63, 3.8) is 0 Å². The zero-order valence-corrected chi connectivity index (χ0v) is 15.0. The van der Waals surface area contributed by atoms with Crippen LogP contribution >= 0.6 is 11.6 Å². The molecule has 1 aliphatic heterocycles. The maximum Gasteiger partial charge on any atom is 0.191 e. The van der Waals surface area contributed by atoms with Crippen LogP contribution in [0, 0.1) is 0 Å². The monoisotopic (exact) mass is 338 g/mol. The van der Waals surface area contributed by atoms with Gasteiger partial charge in [0.05, 0.1) is 12.8 Å². The number of halogens is 1. The third-order valence-corrected chi connectivity index (χ3v) is 4.08. The fourth-order valence-electron chi connectivity index (χ4n) is 2.74. The first-order chi connectivity index (χ1) is 11.2. The summed E-state index contributed by atoms with van der Waals surface area (Å²) in [6, 6.07) is 6.12. The van der Waals surface area contributed by atoms with Crippen LogP contribution < -0.4 is 20.3 Å². The van der Waals surface area contributed by atoms with Gasteiger partial charge < -0.3 is 20.3 Å². The highest BCUT2D eigenvalue weighted by Gasteiger charge is 2.25. The standard InChI is InChI=1S/C17H27ClN4O/c1-4-9-20-17(19-5-2)21-14-8-10-22(12-14)15-11-13(18)6-7-16(15)23-3/h6-7,11,14H,4-5,8-10,12H2,1-3H3,(H2,19,20,21). The maximum absolute atomic E-state index is 6.14. The molecule has 1 unspecified atom stereocenters. The molecule has 128 valence electrons. The molecule has 0 spiro atoms. The van der Waals surface area contributed by atoms with E-state index in [1.54, 1.807) is 7.11 Å². The summed E-state index contributed by atoms with van der Waals surface area (Å²) in [4.78, 5) is 6.88. The molecule has 0 saturated carbocycles. The van der Waals surface area contributed by atoms with Crippen molar-refractivity contribution in [1.29, 1.82) is 0 Å². The van der Waals surface area contributed by atoms with E-state index in [9.17, 15) is 0 Å². The largest absolute Gasteiger partial charge is 0.495 e. The number of nitrogens with zero attached hydrogens (tertiary/aromatic N) is 2. The molecular formula is C17H27ClN4O. The van der Waals surface area contributed by atoms with E-state index in [1.165, 1.54) is 0 Å². The van der Waals surface area contributed by atoms with Gasteiger partial charge in [0.15, 0.2) is 5.96 Å². The summed E-state index contributed by atoms with van der Waals surface area (Å²) < 4.78 is 5.46. The number of anilines is 1. The second-order valence-electron chi connectivity index (χ2n) is 5.65. The van der Waals surface area contributed by atoms with Crippen molar-refractivity contribution in [2.75, 3.05) is 38.2 Å². The van der Waals surface area contributed by atoms with Gasteiger partial charge in [-0.1, -0.05) is 18.5 Å². The smallest absolute Gasteiger partial charge is 0.191 e. The molecule has 1 aromatic rings. The fourth-order valence-corrected chi connectivity index (χ4v) is 2.91. The summed E-state index contributed by atoms with van der Waals surface area (Å²) in [6.07, 6.45) is 2.11. The summed E-state index contributed by atoms with van der Waals surface area (Å²) in [5.41, 5.74) is 1.06. The SMILES string of the molecule is CCCN=C(NCC)NC1CCN(c2cc(Cl)ccc2OC)C1. The van der Waals surface area contributed by atoms with E-state index >= 15 is 0 Å². The Morgan fingerprint density at radius 2 is 2.26 bits per heavy atom. The predicted molar refractivity (Wildman–Crippen MR) is 98.0 cm³/mol. The zero-order valence-electron chi connectivity index (χ0n) is 14.2. The minimum Gasteiger partial charge on any atom is -0.495 e. The Morgan fingerprint density at radius 1 is 1.43 bits per heavy atom. The first-order valence-corrected chi connectivity index (χ1v) is 8.69. The normalized spacial score (nSPS) is 18.2. The van der Waals surface area contributed by atoms with Crippen LogP contribution in [-0.4, -0.2) is 45.3 Å². The number of aliphatic imine (C=N–C) groups is 1. The molecule has 1 saturated heterocycles. The lowest BCUT2D eigenvalue weighted by molar-refractivity contribution is 0.415. The molecule has 0 radical (unpaired) electrons. The lowest BCUT2D eigenvalue weighted by Gasteiger charge is -2.22. The quantitative estimate of drug-likeness (QED) is 0.618. The molecule has 1 fully saturated rings. The van der Waals surface area contributed by atoms with Crippen LogP contribution in [-0.2, 0) is 0 Å². The molecule has 23 heavy (non-hydrogen) atoms. The van der Waals surface area contributed by atoms with Gasteiger partial charge >= 0.3 is 0 Å². The third-order valence-electron chi connectivity index (χ3n) is 3.85. The molecule has 1 aliphatic rings. The zero-order chi connectivity index (χ0) is 16.7. The topological polar surface area (TPSA) is 48.9 Å². The van der Waals surface area contributed by atoms with Crippen LogP contribution in [0.1, 0.15) is 26.7 Å². The molecule has 2 N–H and O–H groups in total. The van der Waals surface area contributed by atoms with E-state index in [0.29, 0.717) is 6.04 Å². The van der Waals surface area contributed by atoms with Crippen molar-refractivity contribution >= 4 is 23.2 Å². The highest BCUT2D eigenvalue weighted by molar-refractivity contribution is 6.30. The minimum absolute atomic E-state index is 0.369. The van der Waals surface area contributed by atoms with Crippen LogP contribution in [0.2, 0.25) is 5.02 Å². The molecule has 1 aromatic carbocycles. The highest BCUT2D eigenvalue weighted by Crippen LogP contribution is 2.33. The molecule has 1 atom stereocenters. The Labute approximate surface area is 144 Å². The van der Waals surface area contributed by atoms with E-state index < -0.39 is 0 Å². The van der Waals surface area contributed by atoms with Crippen molar-refractivity contribution in [3.8, 4) is 5.75 Å². The predicted octanol–water partition coefficient (Wildman–Crippen LogP) is 2.89. The highest BCUT2D eigenvalue weighted by atomic mass is 35.5. The molecule has 0 amide bonds. The number of ether oxygens (including phenoxy) is 1. The van der Waals surface area contributed by atoms with Crippen LogP contribution in [0.3, 0.4) is 0 Å². The lowest BCUT2D eigenvalue weighted by atomic mass is 10.2. The lowest BCUT2D eigenvalue weighted by Crippen LogP contribution is -2.44. The van der Waals surface area contributed by atoms with E-state index in [-0.39, 0.29) is 0 Å².